The Bertz CT molecular complexity index is 881. The lowest BCUT2D eigenvalue weighted by atomic mass is 9.98. The number of guanidine groups is 1. The molecule has 3 N–H and O–H groups in total. The van der Waals surface area contributed by atoms with Crippen molar-refractivity contribution in [2.75, 3.05) is 6.54 Å². The lowest BCUT2D eigenvalue weighted by Crippen LogP contribution is -2.35. The molecule has 1 aliphatic heterocycles. The number of nitrogens with two attached hydrogens (primary N) is 1. The zero-order chi connectivity index (χ0) is 19.9. The van der Waals surface area contributed by atoms with Gasteiger partial charge in [-0.1, -0.05) is 30.1 Å². The second-order valence-corrected chi connectivity index (χ2v) is 7.54. The van der Waals surface area contributed by atoms with E-state index in [1.165, 1.54) is 6.07 Å². The van der Waals surface area contributed by atoms with Gasteiger partial charge in [-0.05, 0) is 43.2 Å². The second kappa shape index (κ2) is 8.22. The van der Waals surface area contributed by atoms with Crippen LogP contribution in [0.3, 0.4) is 0 Å². The van der Waals surface area contributed by atoms with E-state index >= 15 is 0 Å². The van der Waals surface area contributed by atoms with Gasteiger partial charge in [0.1, 0.15) is 6.04 Å². The highest BCUT2D eigenvalue weighted by Gasteiger charge is 2.35. The van der Waals surface area contributed by atoms with Crippen molar-refractivity contribution in [3.63, 3.8) is 0 Å². The van der Waals surface area contributed by atoms with Crippen molar-refractivity contribution in [2.45, 2.75) is 50.7 Å². The van der Waals surface area contributed by atoms with Crippen molar-refractivity contribution >= 4 is 18.4 Å². The van der Waals surface area contributed by atoms with Crippen LogP contribution in [0.2, 0.25) is 0 Å². The standard InChI is InChI=1S/C19H22F3N5O.ClH/c20-19(21,22)14-10-13(8-7-12(14)6-5-11-3-4-11)16-25-17(28-26-16)15-2-1-9-27(15)18(23)24;/h7-8,10-11,15H,1-6,9H2,(H3,23,24);1H. The van der Waals surface area contributed by atoms with E-state index in [-0.39, 0.29) is 41.7 Å². The van der Waals surface area contributed by atoms with Crippen LogP contribution in [-0.2, 0) is 12.6 Å². The van der Waals surface area contributed by atoms with Crippen LogP contribution in [0.25, 0.3) is 11.4 Å². The van der Waals surface area contributed by atoms with Gasteiger partial charge in [0.2, 0.25) is 11.7 Å². The third-order valence-electron chi connectivity index (χ3n) is 5.48. The molecule has 1 saturated carbocycles. The molecule has 10 heteroatoms. The van der Waals surface area contributed by atoms with E-state index in [1.807, 2.05) is 0 Å². The van der Waals surface area contributed by atoms with Crippen LogP contribution in [-0.4, -0.2) is 27.5 Å². The van der Waals surface area contributed by atoms with Crippen molar-refractivity contribution in [2.24, 2.45) is 11.7 Å². The van der Waals surface area contributed by atoms with E-state index < -0.39 is 11.7 Å². The highest BCUT2D eigenvalue weighted by atomic mass is 35.5. The molecule has 2 aliphatic rings. The first-order valence-electron chi connectivity index (χ1n) is 9.47. The van der Waals surface area contributed by atoms with Crippen molar-refractivity contribution in [3.8, 4) is 11.4 Å². The van der Waals surface area contributed by atoms with E-state index in [4.69, 9.17) is 15.7 Å². The summed E-state index contributed by atoms with van der Waals surface area (Å²) in [6.07, 6.45) is 0.542. The van der Waals surface area contributed by atoms with Gasteiger partial charge in [-0.2, -0.15) is 18.2 Å². The molecular formula is C19H23ClF3N5O. The first-order valence-corrected chi connectivity index (χ1v) is 9.47. The van der Waals surface area contributed by atoms with Gasteiger partial charge < -0.3 is 15.2 Å². The molecule has 1 aromatic heterocycles. The van der Waals surface area contributed by atoms with Crippen molar-refractivity contribution in [1.29, 1.82) is 5.41 Å². The largest absolute Gasteiger partial charge is 0.416 e. The van der Waals surface area contributed by atoms with Crippen LogP contribution < -0.4 is 5.73 Å². The molecule has 1 saturated heterocycles. The summed E-state index contributed by atoms with van der Waals surface area (Å²) in [5.74, 6) is 0.872. The Labute approximate surface area is 172 Å². The molecule has 2 heterocycles. The van der Waals surface area contributed by atoms with Crippen molar-refractivity contribution in [3.05, 3.63) is 35.2 Å². The van der Waals surface area contributed by atoms with Crippen LogP contribution in [0.1, 0.15) is 55.2 Å². The molecule has 4 rings (SSSR count). The summed E-state index contributed by atoms with van der Waals surface area (Å²) in [4.78, 5) is 5.95. The van der Waals surface area contributed by atoms with Crippen LogP contribution in [0.15, 0.2) is 22.7 Å². The van der Waals surface area contributed by atoms with E-state index in [9.17, 15) is 13.2 Å². The zero-order valence-corrected chi connectivity index (χ0v) is 16.5. The first kappa shape index (κ1) is 21.4. The number of alkyl halides is 3. The average Bonchev–Trinajstić information content (AvgIpc) is 3.13. The van der Waals surface area contributed by atoms with Gasteiger partial charge in [-0.15, -0.1) is 12.4 Å². The van der Waals surface area contributed by atoms with E-state index in [0.29, 0.717) is 30.9 Å². The summed E-state index contributed by atoms with van der Waals surface area (Å²) < 4.78 is 46.0. The third-order valence-corrected chi connectivity index (χ3v) is 5.48. The molecule has 1 aliphatic carbocycles. The Hall–Kier alpha value is -2.29. The fourth-order valence-electron chi connectivity index (χ4n) is 3.76. The maximum atomic E-state index is 13.6. The van der Waals surface area contributed by atoms with E-state index in [0.717, 1.165) is 31.7 Å². The maximum absolute atomic E-state index is 13.6. The predicted molar refractivity (Wildman–Crippen MR) is 104 cm³/mol. The van der Waals surface area contributed by atoms with Crippen molar-refractivity contribution in [1.82, 2.24) is 15.0 Å². The monoisotopic (exact) mass is 429 g/mol. The predicted octanol–water partition coefficient (Wildman–Crippen LogP) is 4.55. The van der Waals surface area contributed by atoms with Gasteiger partial charge in [0, 0.05) is 12.1 Å². The quantitative estimate of drug-likeness (QED) is 0.537. The molecule has 2 fully saturated rings. The first-order chi connectivity index (χ1) is 13.3. The number of aromatic nitrogens is 2. The highest BCUT2D eigenvalue weighted by Crippen LogP contribution is 2.38. The number of likely N-dealkylation sites (tertiary alicyclic amines) is 1. The SMILES string of the molecule is Cl.N=C(N)N1CCCC1c1nc(-c2ccc(CCC3CC3)c(C(F)(F)F)c2)no1. The summed E-state index contributed by atoms with van der Waals surface area (Å²) in [5.41, 5.74) is 5.52. The Morgan fingerprint density at radius 1 is 1.28 bits per heavy atom. The summed E-state index contributed by atoms with van der Waals surface area (Å²) in [5, 5.41) is 11.5. The van der Waals surface area contributed by atoms with Crippen LogP contribution in [0.5, 0.6) is 0 Å². The minimum Gasteiger partial charge on any atom is -0.370 e. The number of halogens is 4. The second-order valence-electron chi connectivity index (χ2n) is 7.54. The fraction of sp³-hybridized carbons (Fsp3) is 0.526. The average molecular weight is 430 g/mol. The van der Waals surface area contributed by atoms with Gasteiger partial charge in [0.15, 0.2) is 5.96 Å². The van der Waals surface area contributed by atoms with Gasteiger partial charge >= 0.3 is 6.18 Å². The molecule has 158 valence electrons. The Kier molecular flexibility index (Phi) is 6.07. The van der Waals surface area contributed by atoms with Crippen LogP contribution >= 0.6 is 12.4 Å². The van der Waals surface area contributed by atoms with Gasteiger partial charge in [-0.3, -0.25) is 5.41 Å². The molecule has 1 aromatic carbocycles. The molecule has 1 atom stereocenters. The van der Waals surface area contributed by atoms with E-state index in [2.05, 4.69) is 10.1 Å². The summed E-state index contributed by atoms with van der Waals surface area (Å²) in [6, 6.07) is 3.94. The molecular weight excluding hydrogens is 407 g/mol. The van der Waals surface area contributed by atoms with Crippen LogP contribution in [0.4, 0.5) is 13.2 Å². The highest BCUT2D eigenvalue weighted by molar-refractivity contribution is 5.85. The number of aryl methyl sites for hydroxylation is 1. The fourth-order valence-corrected chi connectivity index (χ4v) is 3.76. The number of rotatable bonds is 5. The minimum atomic E-state index is -4.43. The molecule has 0 bridgehead atoms. The molecule has 29 heavy (non-hydrogen) atoms. The van der Waals surface area contributed by atoms with Gasteiger partial charge in [0.25, 0.3) is 0 Å². The third kappa shape index (κ3) is 4.66. The number of nitrogens with zero attached hydrogens (tertiary/aromatic N) is 3. The smallest absolute Gasteiger partial charge is 0.370 e. The summed E-state index contributed by atoms with van der Waals surface area (Å²) in [6.45, 7) is 0.617. The minimum absolute atomic E-state index is 0. The summed E-state index contributed by atoms with van der Waals surface area (Å²) in [7, 11) is 0. The zero-order valence-electron chi connectivity index (χ0n) is 15.7. The van der Waals surface area contributed by atoms with Gasteiger partial charge in [0.05, 0.1) is 5.56 Å². The Morgan fingerprint density at radius 2 is 2.03 bits per heavy atom. The van der Waals surface area contributed by atoms with Crippen LogP contribution in [0, 0.1) is 11.3 Å². The Morgan fingerprint density at radius 3 is 2.69 bits per heavy atom. The number of nitrogens with one attached hydrogen (secondary N) is 1. The molecule has 0 radical (unpaired) electrons. The lowest BCUT2D eigenvalue weighted by molar-refractivity contribution is -0.138. The number of benzene rings is 1. The lowest BCUT2D eigenvalue weighted by Gasteiger charge is -2.21. The molecule has 2 aromatic rings. The molecule has 1 unspecified atom stereocenters. The summed E-state index contributed by atoms with van der Waals surface area (Å²) >= 11 is 0. The van der Waals surface area contributed by atoms with Gasteiger partial charge in [-0.25, -0.2) is 0 Å². The molecule has 0 amide bonds. The van der Waals surface area contributed by atoms with Crippen molar-refractivity contribution < 1.29 is 17.7 Å². The topological polar surface area (TPSA) is 92.0 Å². The molecule has 0 spiro atoms. The Balaban J connectivity index is 0.00000240. The normalized spacial score (nSPS) is 19.3. The number of hydrogen-bond acceptors (Lipinski definition) is 4. The number of hydrogen-bond donors (Lipinski definition) is 2. The van der Waals surface area contributed by atoms with E-state index in [1.54, 1.807) is 11.0 Å². The molecule has 6 nitrogen and oxygen atoms in total. The maximum Gasteiger partial charge on any atom is 0.416 e.